The van der Waals surface area contributed by atoms with Crippen LogP contribution in [0.3, 0.4) is 0 Å². The minimum atomic E-state index is -4.55. The second-order valence-electron chi connectivity index (χ2n) is 4.69. The number of nitrogen functional groups attached to an aromatic ring is 1. The van der Waals surface area contributed by atoms with E-state index in [0.717, 1.165) is 6.07 Å². The molecule has 0 aliphatic carbocycles. The summed E-state index contributed by atoms with van der Waals surface area (Å²) in [5.74, 6) is 5.23. The highest BCUT2D eigenvalue weighted by Gasteiger charge is 2.34. The number of aliphatic hydroxyl groups is 1. The Hall–Kier alpha value is -1.61. The maximum atomic E-state index is 12.8. The molecule has 1 aliphatic heterocycles. The summed E-state index contributed by atoms with van der Waals surface area (Å²) in [6, 6.07) is 0.917. The standard InChI is InChI=1S/C11H16F3N5O/c12-11(13,14)8-5-9(17-10(16-8)18-15)19-3-1-7(6-20)2-4-19/h5,7,20H,1-4,6,15H2,(H,16,17,18). The van der Waals surface area contributed by atoms with Gasteiger partial charge in [-0.15, -0.1) is 0 Å². The molecule has 6 nitrogen and oxygen atoms in total. The number of hydrogen-bond donors (Lipinski definition) is 3. The van der Waals surface area contributed by atoms with Gasteiger partial charge in [0, 0.05) is 25.8 Å². The van der Waals surface area contributed by atoms with Crippen molar-refractivity contribution >= 4 is 11.8 Å². The molecule has 20 heavy (non-hydrogen) atoms. The average molecular weight is 291 g/mol. The number of halogens is 3. The van der Waals surface area contributed by atoms with Crippen LogP contribution < -0.4 is 16.2 Å². The molecule has 0 unspecified atom stereocenters. The zero-order valence-corrected chi connectivity index (χ0v) is 10.7. The first-order chi connectivity index (χ1) is 9.44. The van der Waals surface area contributed by atoms with Crippen molar-refractivity contribution in [2.75, 3.05) is 30.0 Å². The SMILES string of the molecule is NNc1nc(N2CCC(CO)CC2)cc(C(F)(F)F)n1. The lowest BCUT2D eigenvalue weighted by molar-refractivity contribution is -0.141. The molecule has 4 N–H and O–H groups in total. The van der Waals surface area contributed by atoms with Crippen LogP contribution >= 0.6 is 0 Å². The molecule has 1 aromatic heterocycles. The van der Waals surface area contributed by atoms with Gasteiger partial charge in [-0.1, -0.05) is 0 Å². The fraction of sp³-hybridized carbons (Fsp3) is 0.636. The summed E-state index contributed by atoms with van der Waals surface area (Å²) in [6.45, 7) is 1.19. The van der Waals surface area contributed by atoms with Crippen LogP contribution in [0.4, 0.5) is 24.9 Å². The molecule has 0 radical (unpaired) electrons. The number of aliphatic hydroxyl groups excluding tert-OH is 1. The summed E-state index contributed by atoms with van der Waals surface area (Å²) in [5, 5.41) is 9.06. The molecular formula is C11H16F3N5O. The van der Waals surface area contributed by atoms with Crippen LogP contribution in [0.2, 0.25) is 0 Å². The van der Waals surface area contributed by atoms with E-state index < -0.39 is 11.9 Å². The third kappa shape index (κ3) is 3.28. The maximum Gasteiger partial charge on any atom is 0.433 e. The van der Waals surface area contributed by atoms with Gasteiger partial charge in [0.1, 0.15) is 5.82 Å². The second kappa shape index (κ2) is 5.80. The van der Waals surface area contributed by atoms with E-state index in [1.165, 1.54) is 0 Å². The van der Waals surface area contributed by atoms with Crippen molar-refractivity contribution in [2.24, 2.45) is 11.8 Å². The van der Waals surface area contributed by atoms with Gasteiger partial charge >= 0.3 is 6.18 Å². The Bertz CT molecular complexity index is 460. The average Bonchev–Trinajstić information content (AvgIpc) is 2.46. The van der Waals surface area contributed by atoms with Crippen LogP contribution in [-0.2, 0) is 6.18 Å². The van der Waals surface area contributed by atoms with Gasteiger partial charge in [-0.05, 0) is 18.8 Å². The normalized spacial score (nSPS) is 17.4. The van der Waals surface area contributed by atoms with Gasteiger partial charge in [0.05, 0.1) is 0 Å². The van der Waals surface area contributed by atoms with Crippen LogP contribution in [0.25, 0.3) is 0 Å². The third-order valence-corrected chi connectivity index (χ3v) is 3.33. The van der Waals surface area contributed by atoms with Crippen LogP contribution in [0.5, 0.6) is 0 Å². The maximum absolute atomic E-state index is 12.8. The van der Waals surface area contributed by atoms with E-state index >= 15 is 0 Å². The Balaban J connectivity index is 2.23. The minimum Gasteiger partial charge on any atom is -0.396 e. The zero-order valence-electron chi connectivity index (χ0n) is 10.7. The van der Waals surface area contributed by atoms with Crippen molar-refractivity contribution in [1.82, 2.24) is 9.97 Å². The summed E-state index contributed by atoms with van der Waals surface area (Å²) >= 11 is 0. The number of alkyl halides is 3. The molecule has 112 valence electrons. The van der Waals surface area contributed by atoms with E-state index in [-0.39, 0.29) is 24.3 Å². The summed E-state index contributed by atoms with van der Waals surface area (Å²) in [6.07, 6.45) is -3.12. The molecular weight excluding hydrogens is 275 g/mol. The number of hydrogen-bond acceptors (Lipinski definition) is 6. The molecule has 0 saturated carbocycles. The van der Waals surface area contributed by atoms with E-state index in [9.17, 15) is 13.2 Å². The monoisotopic (exact) mass is 291 g/mol. The van der Waals surface area contributed by atoms with Crippen LogP contribution in [0, 0.1) is 5.92 Å². The molecule has 2 rings (SSSR count). The highest BCUT2D eigenvalue weighted by molar-refractivity contribution is 5.45. The number of rotatable bonds is 3. The van der Waals surface area contributed by atoms with Gasteiger partial charge in [-0.3, -0.25) is 5.43 Å². The Morgan fingerprint density at radius 2 is 2.00 bits per heavy atom. The van der Waals surface area contributed by atoms with E-state index in [4.69, 9.17) is 10.9 Å². The van der Waals surface area contributed by atoms with Crippen molar-refractivity contribution in [2.45, 2.75) is 19.0 Å². The minimum absolute atomic E-state index is 0.0982. The lowest BCUT2D eigenvalue weighted by Crippen LogP contribution is -2.35. The lowest BCUT2D eigenvalue weighted by atomic mass is 9.98. The van der Waals surface area contributed by atoms with E-state index in [1.54, 1.807) is 4.90 Å². The molecule has 0 spiro atoms. The fourth-order valence-corrected chi connectivity index (χ4v) is 2.15. The molecule has 0 amide bonds. The third-order valence-electron chi connectivity index (χ3n) is 3.33. The summed E-state index contributed by atoms with van der Waals surface area (Å²) < 4.78 is 38.3. The van der Waals surface area contributed by atoms with Gasteiger partial charge in [0.15, 0.2) is 5.69 Å². The lowest BCUT2D eigenvalue weighted by Gasteiger charge is -2.32. The number of nitrogens with one attached hydrogen (secondary N) is 1. The van der Waals surface area contributed by atoms with Gasteiger partial charge in [-0.2, -0.15) is 18.2 Å². The Labute approximate surface area is 113 Å². The van der Waals surface area contributed by atoms with Gasteiger partial charge in [0.2, 0.25) is 5.95 Å². The molecule has 1 saturated heterocycles. The highest BCUT2D eigenvalue weighted by Crippen LogP contribution is 2.31. The smallest absolute Gasteiger partial charge is 0.396 e. The molecule has 0 bridgehead atoms. The van der Waals surface area contributed by atoms with E-state index in [1.807, 2.05) is 0 Å². The Morgan fingerprint density at radius 1 is 1.35 bits per heavy atom. The van der Waals surface area contributed by atoms with Crippen LogP contribution in [-0.4, -0.2) is 34.8 Å². The molecule has 1 fully saturated rings. The fourth-order valence-electron chi connectivity index (χ4n) is 2.15. The van der Waals surface area contributed by atoms with Crippen molar-refractivity contribution in [3.05, 3.63) is 11.8 Å². The number of nitrogens with two attached hydrogens (primary N) is 1. The van der Waals surface area contributed by atoms with Gasteiger partial charge in [-0.25, -0.2) is 10.8 Å². The Kier molecular flexibility index (Phi) is 4.29. The molecule has 1 aromatic rings. The second-order valence-corrected chi connectivity index (χ2v) is 4.69. The van der Waals surface area contributed by atoms with Crippen LogP contribution in [0.1, 0.15) is 18.5 Å². The van der Waals surface area contributed by atoms with Crippen molar-refractivity contribution in [3.63, 3.8) is 0 Å². The van der Waals surface area contributed by atoms with E-state index in [0.29, 0.717) is 25.9 Å². The summed E-state index contributed by atoms with van der Waals surface area (Å²) in [7, 11) is 0. The van der Waals surface area contributed by atoms with Gasteiger partial charge < -0.3 is 10.0 Å². The number of piperidine rings is 1. The number of hydrazine groups is 1. The molecule has 1 aliphatic rings. The number of aromatic nitrogens is 2. The first-order valence-corrected chi connectivity index (χ1v) is 6.22. The molecule has 0 atom stereocenters. The van der Waals surface area contributed by atoms with Crippen LogP contribution in [0.15, 0.2) is 6.07 Å². The summed E-state index contributed by atoms with van der Waals surface area (Å²) in [5.41, 5.74) is 1.02. The predicted octanol–water partition coefficient (Wildman–Crippen LogP) is 0.990. The zero-order chi connectivity index (χ0) is 14.8. The van der Waals surface area contributed by atoms with Crippen molar-refractivity contribution in [1.29, 1.82) is 0 Å². The Morgan fingerprint density at radius 3 is 2.50 bits per heavy atom. The molecule has 0 aromatic carbocycles. The van der Waals surface area contributed by atoms with E-state index in [2.05, 4.69) is 15.4 Å². The first kappa shape index (κ1) is 14.8. The van der Waals surface area contributed by atoms with Crippen molar-refractivity contribution in [3.8, 4) is 0 Å². The molecule has 9 heteroatoms. The summed E-state index contributed by atoms with van der Waals surface area (Å²) in [4.78, 5) is 9.01. The largest absolute Gasteiger partial charge is 0.433 e. The number of nitrogens with zero attached hydrogens (tertiary/aromatic N) is 3. The first-order valence-electron chi connectivity index (χ1n) is 6.22. The van der Waals surface area contributed by atoms with Crippen molar-refractivity contribution < 1.29 is 18.3 Å². The quantitative estimate of drug-likeness (QED) is 0.568. The van der Waals surface area contributed by atoms with Gasteiger partial charge in [0.25, 0.3) is 0 Å². The molecule has 2 heterocycles. The predicted molar refractivity (Wildman–Crippen MR) is 66.9 cm³/mol. The topological polar surface area (TPSA) is 87.3 Å². The highest BCUT2D eigenvalue weighted by atomic mass is 19.4. The number of anilines is 2.